The van der Waals surface area contributed by atoms with Gasteiger partial charge < -0.3 is 9.64 Å². The molecule has 4 heteroatoms. The lowest BCUT2D eigenvalue weighted by molar-refractivity contribution is -0.162. The quantitative estimate of drug-likeness (QED) is 0.793. The van der Waals surface area contributed by atoms with Crippen molar-refractivity contribution in [1.82, 2.24) is 4.90 Å². The molecule has 0 aliphatic carbocycles. The third-order valence-electron chi connectivity index (χ3n) is 4.93. The molecule has 3 nitrogen and oxygen atoms in total. The number of hydrogen-bond acceptors (Lipinski definition) is 3. The first-order valence-corrected chi connectivity index (χ1v) is 8.55. The molecule has 0 aromatic heterocycles. The molecular formula is C19H21ClN2O. The van der Waals surface area contributed by atoms with Crippen LogP contribution in [0.3, 0.4) is 0 Å². The summed E-state index contributed by atoms with van der Waals surface area (Å²) in [5.41, 5.74) is 2.99. The number of ether oxygens (including phenoxy) is 1. The third-order valence-corrected chi connectivity index (χ3v) is 5.17. The highest BCUT2D eigenvalue weighted by Gasteiger charge is 2.46. The van der Waals surface area contributed by atoms with Gasteiger partial charge in [0, 0.05) is 48.5 Å². The summed E-state index contributed by atoms with van der Waals surface area (Å²) in [6.45, 7) is 3.75. The summed E-state index contributed by atoms with van der Waals surface area (Å²) < 4.78 is 6.51. The first kappa shape index (κ1) is 15.0. The maximum Gasteiger partial charge on any atom is 0.176 e. The van der Waals surface area contributed by atoms with Crippen molar-refractivity contribution in [3.8, 4) is 0 Å². The fraction of sp³-hybridized carbons (Fsp3) is 0.368. The van der Waals surface area contributed by atoms with Crippen LogP contribution >= 0.6 is 11.6 Å². The zero-order chi connectivity index (χ0) is 15.9. The number of benzene rings is 2. The molecule has 1 atom stereocenters. The van der Waals surface area contributed by atoms with E-state index in [9.17, 15) is 0 Å². The van der Waals surface area contributed by atoms with Gasteiger partial charge in [-0.15, -0.1) is 0 Å². The van der Waals surface area contributed by atoms with E-state index in [1.54, 1.807) is 0 Å². The second-order valence-electron chi connectivity index (χ2n) is 6.28. The van der Waals surface area contributed by atoms with E-state index in [-0.39, 0.29) is 0 Å². The van der Waals surface area contributed by atoms with Gasteiger partial charge in [0.05, 0.1) is 6.61 Å². The molecular weight excluding hydrogens is 308 g/mol. The molecule has 0 radical (unpaired) electrons. The summed E-state index contributed by atoms with van der Waals surface area (Å²) in [5, 5.41) is 0.753. The summed E-state index contributed by atoms with van der Waals surface area (Å²) in [5.74, 6) is 0. The molecule has 0 amide bonds. The number of likely N-dealkylation sites (N-methyl/N-ethyl adjacent to an activating group) is 1. The lowest BCUT2D eigenvalue weighted by Gasteiger charge is -2.46. The molecule has 1 unspecified atom stereocenters. The van der Waals surface area contributed by atoms with E-state index < -0.39 is 5.72 Å². The van der Waals surface area contributed by atoms with E-state index in [0.29, 0.717) is 0 Å². The Morgan fingerprint density at radius 1 is 1.04 bits per heavy atom. The summed E-state index contributed by atoms with van der Waals surface area (Å²) in [6.07, 6.45) is 1.06. The standard InChI is InChI=1S/C19H21ClN2O/c1-21-11-12-22-10-5-13-23-19(22,15-6-3-2-4-7-15)17-14-16(20)8-9-18(17)21/h2-4,6-9,14H,5,10-13H2,1H3. The Morgan fingerprint density at radius 3 is 2.70 bits per heavy atom. The Labute approximate surface area is 142 Å². The van der Waals surface area contributed by atoms with Crippen LogP contribution in [-0.2, 0) is 10.5 Å². The van der Waals surface area contributed by atoms with E-state index in [1.165, 1.54) is 11.3 Å². The molecule has 2 heterocycles. The monoisotopic (exact) mass is 328 g/mol. The van der Waals surface area contributed by atoms with E-state index in [0.717, 1.165) is 43.2 Å². The van der Waals surface area contributed by atoms with Crippen molar-refractivity contribution in [2.45, 2.75) is 12.1 Å². The number of fused-ring (bicyclic) bond motifs is 3. The van der Waals surface area contributed by atoms with Gasteiger partial charge in [0.25, 0.3) is 0 Å². The average molecular weight is 329 g/mol. The Morgan fingerprint density at radius 2 is 1.87 bits per heavy atom. The minimum atomic E-state index is -0.537. The smallest absolute Gasteiger partial charge is 0.176 e. The maximum absolute atomic E-state index is 6.51. The molecule has 2 aliphatic heterocycles. The number of halogens is 1. The van der Waals surface area contributed by atoms with Crippen LogP contribution in [0.1, 0.15) is 17.5 Å². The van der Waals surface area contributed by atoms with Gasteiger partial charge in [-0.3, -0.25) is 4.90 Å². The lowest BCUT2D eigenvalue weighted by Crippen LogP contribution is -2.53. The van der Waals surface area contributed by atoms with Crippen molar-refractivity contribution in [2.24, 2.45) is 0 Å². The van der Waals surface area contributed by atoms with Crippen molar-refractivity contribution in [3.63, 3.8) is 0 Å². The largest absolute Gasteiger partial charge is 0.373 e. The second-order valence-corrected chi connectivity index (χ2v) is 6.72. The Kier molecular flexibility index (Phi) is 3.80. The highest BCUT2D eigenvalue weighted by molar-refractivity contribution is 6.30. The number of hydrogen-bond donors (Lipinski definition) is 0. The first-order chi connectivity index (χ1) is 11.2. The second kappa shape index (κ2) is 5.82. The summed E-state index contributed by atoms with van der Waals surface area (Å²) in [6, 6.07) is 16.7. The minimum Gasteiger partial charge on any atom is -0.373 e. The molecule has 2 aliphatic rings. The topological polar surface area (TPSA) is 15.7 Å². The molecule has 23 heavy (non-hydrogen) atoms. The van der Waals surface area contributed by atoms with Crippen LogP contribution in [0.5, 0.6) is 0 Å². The van der Waals surface area contributed by atoms with Crippen LogP contribution in [0.4, 0.5) is 5.69 Å². The number of anilines is 1. The number of rotatable bonds is 1. The van der Waals surface area contributed by atoms with Gasteiger partial charge >= 0.3 is 0 Å². The van der Waals surface area contributed by atoms with Crippen LogP contribution in [0.2, 0.25) is 5.02 Å². The van der Waals surface area contributed by atoms with Gasteiger partial charge in [-0.2, -0.15) is 0 Å². The molecule has 120 valence electrons. The van der Waals surface area contributed by atoms with E-state index >= 15 is 0 Å². The highest BCUT2D eigenvalue weighted by atomic mass is 35.5. The van der Waals surface area contributed by atoms with Gasteiger partial charge in [0.1, 0.15) is 0 Å². The van der Waals surface area contributed by atoms with Gasteiger partial charge in [-0.05, 0) is 24.6 Å². The molecule has 1 saturated heterocycles. The van der Waals surface area contributed by atoms with Crippen molar-refractivity contribution in [1.29, 1.82) is 0 Å². The van der Waals surface area contributed by atoms with E-state index in [2.05, 4.69) is 59.3 Å². The predicted molar refractivity (Wildman–Crippen MR) is 94.1 cm³/mol. The van der Waals surface area contributed by atoms with Crippen molar-refractivity contribution < 1.29 is 4.74 Å². The van der Waals surface area contributed by atoms with Crippen LogP contribution in [-0.4, -0.2) is 38.2 Å². The molecule has 2 aromatic rings. The van der Waals surface area contributed by atoms with Gasteiger partial charge in [0.2, 0.25) is 0 Å². The average Bonchev–Trinajstić information content (AvgIpc) is 2.72. The molecule has 0 saturated carbocycles. The van der Waals surface area contributed by atoms with E-state index in [4.69, 9.17) is 16.3 Å². The summed E-state index contributed by atoms with van der Waals surface area (Å²) in [4.78, 5) is 4.77. The van der Waals surface area contributed by atoms with Crippen LogP contribution in [0, 0.1) is 0 Å². The SMILES string of the molecule is CN1CCN2CCCOC2(c2ccccc2)c2cc(Cl)ccc21. The normalized spacial score (nSPS) is 24.7. The van der Waals surface area contributed by atoms with Crippen molar-refractivity contribution in [2.75, 3.05) is 38.2 Å². The molecule has 2 aromatic carbocycles. The Balaban J connectivity index is 2.00. The molecule has 0 spiro atoms. The molecule has 0 N–H and O–H groups in total. The van der Waals surface area contributed by atoms with Gasteiger partial charge in [-0.25, -0.2) is 0 Å². The Bertz CT molecular complexity index is 706. The highest BCUT2D eigenvalue weighted by Crippen LogP contribution is 2.46. The van der Waals surface area contributed by atoms with Crippen molar-refractivity contribution in [3.05, 3.63) is 64.7 Å². The van der Waals surface area contributed by atoms with Gasteiger partial charge in [0.15, 0.2) is 5.72 Å². The molecule has 4 rings (SSSR count). The fourth-order valence-corrected chi connectivity index (χ4v) is 4.00. The summed E-state index contributed by atoms with van der Waals surface area (Å²) in [7, 11) is 2.14. The lowest BCUT2D eigenvalue weighted by atomic mass is 9.90. The van der Waals surface area contributed by atoms with Crippen LogP contribution < -0.4 is 4.90 Å². The zero-order valence-corrected chi connectivity index (χ0v) is 14.1. The number of nitrogens with zero attached hydrogens (tertiary/aromatic N) is 2. The first-order valence-electron chi connectivity index (χ1n) is 8.17. The zero-order valence-electron chi connectivity index (χ0n) is 13.3. The fourth-order valence-electron chi connectivity index (χ4n) is 3.83. The third kappa shape index (κ3) is 2.35. The molecule has 1 fully saturated rings. The van der Waals surface area contributed by atoms with Gasteiger partial charge in [-0.1, -0.05) is 41.9 Å². The maximum atomic E-state index is 6.51. The minimum absolute atomic E-state index is 0.537. The van der Waals surface area contributed by atoms with Crippen molar-refractivity contribution >= 4 is 17.3 Å². The van der Waals surface area contributed by atoms with Crippen LogP contribution in [0.15, 0.2) is 48.5 Å². The van der Waals surface area contributed by atoms with Crippen LogP contribution in [0.25, 0.3) is 0 Å². The predicted octanol–water partition coefficient (Wildman–Crippen LogP) is 3.71. The summed E-state index contributed by atoms with van der Waals surface area (Å²) >= 11 is 6.37. The Hall–Kier alpha value is -1.55. The molecule has 0 bridgehead atoms. The van der Waals surface area contributed by atoms with E-state index in [1.807, 2.05) is 6.07 Å².